The zero-order valence-corrected chi connectivity index (χ0v) is 17.1. The van der Waals surface area contributed by atoms with E-state index < -0.39 is 33.8 Å². The number of aliphatic hydroxyl groups excluding tert-OH is 1. The molecule has 2 rings (SSSR count). The fourth-order valence-corrected chi connectivity index (χ4v) is 3.14. The van der Waals surface area contributed by atoms with Crippen molar-refractivity contribution in [3.63, 3.8) is 0 Å². The maximum atomic E-state index is 12.1. The van der Waals surface area contributed by atoms with Gasteiger partial charge in [0, 0.05) is 12.1 Å². The maximum Gasteiger partial charge on any atom is 0.320 e. The van der Waals surface area contributed by atoms with Gasteiger partial charge in [-0.3, -0.25) is 24.6 Å². The third-order valence-corrected chi connectivity index (χ3v) is 4.97. The Hall–Kier alpha value is -1.94. The van der Waals surface area contributed by atoms with Crippen LogP contribution in [0.5, 0.6) is 0 Å². The SMILES string of the molecule is O=C(CN1CCCCC1)OCC(NC(=O)C(Cl)Cl)C(O)c1ccc([N+](=O)[O-])cc1. The van der Waals surface area contributed by atoms with Crippen molar-refractivity contribution in [2.24, 2.45) is 0 Å². The largest absolute Gasteiger partial charge is 0.462 e. The van der Waals surface area contributed by atoms with Crippen LogP contribution >= 0.6 is 23.2 Å². The summed E-state index contributed by atoms with van der Waals surface area (Å²) in [6, 6.07) is 4.14. The first-order chi connectivity index (χ1) is 13.8. The van der Waals surface area contributed by atoms with E-state index >= 15 is 0 Å². The predicted octanol–water partition coefficient (Wildman–Crippen LogP) is 1.95. The number of alkyl halides is 2. The van der Waals surface area contributed by atoms with Crippen LogP contribution in [0.4, 0.5) is 5.69 Å². The molecule has 160 valence electrons. The van der Waals surface area contributed by atoms with E-state index in [1.807, 2.05) is 4.90 Å². The Morgan fingerprint density at radius 2 is 1.83 bits per heavy atom. The van der Waals surface area contributed by atoms with Crippen molar-refractivity contribution in [2.45, 2.75) is 36.2 Å². The molecule has 2 unspecified atom stereocenters. The van der Waals surface area contributed by atoms with Crippen molar-refractivity contribution >= 4 is 40.8 Å². The third-order valence-electron chi connectivity index (χ3n) is 4.58. The number of amides is 1. The lowest BCUT2D eigenvalue weighted by Crippen LogP contribution is -2.45. The molecule has 11 heteroatoms. The number of nitro benzene ring substituents is 1. The van der Waals surface area contributed by atoms with Crippen LogP contribution in [-0.2, 0) is 14.3 Å². The van der Waals surface area contributed by atoms with E-state index in [4.69, 9.17) is 27.9 Å². The third kappa shape index (κ3) is 7.43. The van der Waals surface area contributed by atoms with Crippen LogP contribution < -0.4 is 5.32 Å². The van der Waals surface area contributed by atoms with Crippen LogP contribution in [0.2, 0.25) is 0 Å². The smallest absolute Gasteiger partial charge is 0.320 e. The average molecular weight is 448 g/mol. The molecule has 1 aliphatic heterocycles. The molecule has 1 heterocycles. The summed E-state index contributed by atoms with van der Waals surface area (Å²) in [7, 11) is 0. The molecule has 2 N–H and O–H groups in total. The molecular formula is C18H23Cl2N3O6. The Balaban J connectivity index is 2.01. The van der Waals surface area contributed by atoms with Gasteiger partial charge in [-0.05, 0) is 43.6 Å². The molecule has 1 amide bonds. The number of likely N-dealkylation sites (tertiary alicyclic amines) is 1. The normalized spacial score (nSPS) is 16.8. The number of aliphatic hydroxyl groups is 1. The zero-order chi connectivity index (χ0) is 21.4. The first-order valence-electron chi connectivity index (χ1n) is 9.17. The molecule has 1 aromatic rings. The van der Waals surface area contributed by atoms with E-state index in [1.54, 1.807) is 0 Å². The van der Waals surface area contributed by atoms with Gasteiger partial charge >= 0.3 is 5.97 Å². The van der Waals surface area contributed by atoms with E-state index in [2.05, 4.69) is 5.32 Å². The van der Waals surface area contributed by atoms with Crippen LogP contribution in [0, 0.1) is 10.1 Å². The summed E-state index contributed by atoms with van der Waals surface area (Å²) in [4.78, 5) is 34.8. The fraction of sp³-hybridized carbons (Fsp3) is 0.556. The lowest BCUT2D eigenvalue weighted by atomic mass is 10.0. The molecule has 2 atom stereocenters. The van der Waals surface area contributed by atoms with E-state index in [-0.39, 0.29) is 18.8 Å². The molecule has 0 aliphatic carbocycles. The molecule has 9 nitrogen and oxygen atoms in total. The number of esters is 1. The summed E-state index contributed by atoms with van der Waals surface area (Å²) < 4.78 is 5.24. The Bertz CT molecular complexity index is 710. The minimum absolute atomic E-state index is 0.127. The van der Waals surface area contributed by atoms with Gasteiger partial charge in [-0.2, -0.15) is 0 Å². The van der Waals surface area contributed by atoms with Crippen molar-refractivity contribution in [3.05, 3.63) is 39.9 Å². The number of carbonyl (C=O) groups is 2. The van der Waals surface area contributed by atoms with Crippen LogP contribution in [0.15, 0.2) is 24.3 Å². The van der Waals surface area contributed by atoms with Gasteiger partial charge in [0.15, 0.2) is 4.84 Å². The van der Waals surface area contributed by atoms with Crippen LogP contribution in [0.3, 0.4) is 0 Å². The first-order valence-corrected chi connectivity index (χ1v) is 10.0. The monoisotopic (exact) mass is 447 g/mol. The number of rotatable bonds is 9. The van der Waals surface area contributed by atoms with Gasteiger partial charge in [-0.25, -0.2) is 0 Å². The Labute approximate surface area is 178 Å². The Kier molecular flexibility index (Phi) is 9.09. The van der Waals surface area contributed by atoms with E-state index in [9.17, 15) is 24.8 Å². The highest BCUT2D eigenvalue weighted by Crippen LogP contribution is 2.21. The fourth-order valence-electron chi connectivity index (χ4n) is 3.01. The second-order valence-electron chi connectivity index (χ2n) is 6.73. The number of piperidine rings is 1. The number of nitrogens with one attached hydrogen (secondary N) is 1. The number of ether oxygens (including phenoxy) is 1. The molecule has 1 aromatic carbocycles. The molecule has 0 aromatic heterocycles. The number of carbonyl (C=O) groups excluding carboxylic acids is 2. The first kappa shape index (κ1) is 23.3. The topological polar surface area (TPSA) is 122 Å². The van der Waals surface area contributed by atoms with Crippen LogP contribution in [-0.4, -0.2) is 63.9 Å². The van der Waals surface area contributed by atoms with Gasteiger partial charge in [0.25, 0.3) is 11.6 Å². The number of benzene rings is 1. The second-order valence-corrected chi connectivity index (χ2v) is 7.83. The van der Waals surface area contributed by atoms with Crippen molar-refractivity contribution in [1.29, 1.82) is 0 Å². The minimum Gasteiger partial charge on any atom is -0.462 e. The molecule has 1 saturated heterocycles. The van der Waals surface area contributed by atoms with Crippen molar-refractivity contribution in [3.8, 4) is 0 Å². The van der Waals surface area contributed by atoms with E-state index in [0.29, 0.717) is 5.56 Å². The average Bonchev–Trinajstić information content (AvgIpc) is 2.71. The second kappa shape index (κ2) is 11.3. The quantitative estimate of drug-likeness (QED) is 0.256. The minimum atomic E-state index is -1.37. The van der Waals surface area contributed by atoms with Crippen LogP contribution in [0.1, 0.15) is 30.9 Å². The van der Waals surface area contributed by atoms with Gasteiger partial charge in [-0.15, -0.1) is 0 Å². The van der Waals surface area contributed by atoms with Crippen LogP contribution in [0.25, 0.3) is 0 Å². The van der Waals surface area contributed by atoms with Gasteiger partial charge in [0.2, 0.25) is 0 Å². The lowest BCUT2D eigenvalue weighted by Gasteiger charge is -2.27. The number of halogens is 2. The van der Waals surface area contributed by atoms with E-state index in [1.165, 1.54) is 24.3 Å². The van der Waals surface area contributed by atoms with Crippen molar-refractivity contribution in [1.82, 2.24) is 10.2 Å². The highest BCUT2D eigenvalue weighted by Gasteiger charge is 2.27. The molecule has 0 saturated carbocycles. The molecular weight excluding hydrogens is 425 g/mol. The summed E-state index contributed by atoms with van der Waals surface area (Å²) in [5.41, 5.74) is 0.157. The number of hydrogen-bond acceptors (Lipinski definition) is 7. The number of hydrogen-bond donors (Lipinski definition) is 2. The highest BCUT2D eigenvalue weighted by molar-refractivity contribution is 6.53. The Morgan fingerprint density at radius 1 is 1.21 bits per heavy atom. The molecule has 0 spiro atoms. The number of nitro groups is 1. The van der Waals surface area contributed by atoms with Gasteiger partial charge in [0.05, 0.1) is 17.5 Å². The van der Waals surface area contributed by atoms with E-state index in [0.717, 1.165) is 32.4 Å². The van der Waals surface area contributed by atoms with Gasteiger partial charge in [-0.1, -0.05) is 29.6 Å². The van der Waals surface area contributed by atoms with Gasteiger partial charge < -0.3 is 15.2 Å². The summed E-state index contributed by atoms with van der Waals surface area (Å²) in [6.45, 7) is 1.46. The number of nitrogens with zero attached hydrogens (tertiary/aromatic N) is 2. The van der Waals surface area contributed by atoms with Crippen molar-refractivity contribution < 1.29 is 24.4 Å². The summed E-state index contributed by atoms with van der Waals surface area (Å²) >= 11 is 11.1. The maximum absolute atomic E-state index is 12.1. The molecule has 1 fully saturated rings. The molecule has 0 bridgehead atoms. The Morgan fingerprint density at radius 3 is 2.38 bits per heavy atom. The van der Waals surface area contributed by atoms with Crippen molar-refractivity contribution in [2.75, 3.05) is 26.2 Å². The standard InChI is InChI=1S/C18H23Cl2N3O6/c19-17(20)18(26)21-14(11-29-15(24)10-22-8-2-1-3-9-22)16(25)12-4-6-13(7-5-12)23(27)28/h4-7,14,16-17,25H,1-3,8-11H2,(H,21,26). The molecule has 0 radical (unpaired) electrons. The zero-order valence-electron chi connectivity index (χ0n) is 15.6. The lowest BCUT2D eigenvalue weighted by molar-refractivity contribution is -0.384. The number of non-ortho nitro benzene ring substituents is 1. The predicted molar refractivity (Wildman–Crippen MR) is 107 cm³/mol. The summed E-state index contributed by atoms with van der Waals surface area (Å²) in [5.74, 6) is -1.23. The highest BCUT2D eigenvalue weighted by atomic mass is 35.5. The van der Waals surface area contributed by atoms with Gasteiger partial charge in [0.1, 0.15) is 12.7 Å². The summed E-state index contributed by atoms with van der Waals surface area (Å²) in [6.07, 6.45) is 1.89. The molecule has 29 heavy (non-hydrogen) atoms. The summed E-state index contributed by atoms with van der Waals surface area (Å²) in [5, 5.41) is 23.8. The molecule has 1 aliphatic rings.